The third-order valence-corrected chi connectivity index (χ3v) is 4.06. The van der Waals surface area contributed by atoms with E-state index in [-0.39, 0.29) is 17.9 Å². The van der Waals surface area contributed by atoms with Crippen LogP contribution in [-0.2, 0) is 4.79 Å². The maximum absolute atomic E-state index is 10.8. The third-order valence-electron chi connectivity index (χ3n) is 4.06. The molecule has 0 bridgehead atoms. The van der Waals surface area contributed by atoms with Crippen molar-refractivity contribution in [3.05, 3.63) is 10.1 Å². The van der Waals surface area contributed by atoms with Crippen LogP contribution >= 0.6 is 0 Å². The normalized spacial score (nSPS) is 38.1. The Morgan fingerprint density at radius 1 is 1.53 bits per heavy atom. The van der Waals surface area contributed by atoms with Gasteiger partial charge in [-0.25, -0.2) is 0 Å². The first-order chi connectivity index (χ1) is 7.03. The van der Waals surface area contributed by atoms with Crippen molar-refractivity contribution in [1.29, 1.82) is 0 Å². The minimum Gasteiger partial charge on any atom is -0.481 e. The van der Waals surface area contributed by atoms with Crippen LogP contribution in [0.25, 0.3) is 0 Å². The minimum absolute atomic E-state index is 0.0326. The minimum atomic E-state index is -0.901. The summed E-state index contributed by atoms with van der Waals surface area (Å²) in [4.78, 5) is 21.0. The van der Waals surface area contributed by atoms with Gasteiger partial charge < -0.3 is 5.11 Å². The van der Waals surface area contributed by atoms with Gasteiger partial charge in [-0.3, -0.25) is 14.9 Å². The summed E-state index contributed by atoms with van der Waals surface area (Å²) in [6, 6.07) is 0. The van der Waals surface area contributed by atoms with Gasteiger partial charge in [0.1, 0.15) is 0 Å². The highest BCUT2D eigenvalue weighted by atomic mass is 16.6. The van der Waals surface area contributed by atoms with E-state index in [2.05, 4.69) is 0 Å². The predicted molar refractivity (Wildman–Crippen MR) is 52.0 cm³/mol. The second-order valence-electron chi connectivity index (χ2n) is 4.93. The van der Waals surface area contributed by atoms with Crippen LogP contribution in [-0.4, -0.2) is 22.5 Å². The molecule has 0 heterocycles. The zero-order valence-corrected chi connectivity index (χ0v) is 8.52. The molecule has 15 heavy (non-hydrogen) atoms. The van der Waals surface area contributed by atoms with Crippen molar-refractivity contribution in [2.75, 3.05) is 6.54 Å². The first-order valence-corrected chi connectivity index (χ1v) is 5.37. The molecule has 0 aliphatic heterocycles. The summed E-state index contributed by atoms with van der Waals surface area (Å²) in [6.07, 6.45) is 3.92. The van der Waals surface area contributed by atoms with E-state index in [9.17, 15) is 14.9 Å². The summed E-state index contributed by atoms with van der Waals surface area (Å²) in [5.74, 6) is -0.0505. The van der Waals surface area contributed by atoms with E-state index in [0.29, 0.717) is 11.8 Å². The van der Waals surface area contributed by atoms with Gasteiger partial charge in [-0.2, -0.15) is 0 Å². The number of carboxylic acid groups (broad SMARTS) is 1. The van der Waals surface area contributed by atoms with Gasteiger partial charge in [-0.15, -0.1) is 0 Å². The fraction of sp³-hybridized carbons (Fsp3) is 0.900. The van der Waals surface area contributed by atoms with Gasteiger partial charge in [0, 0.05) is 10.3 Å². The Kier molecular flexibility index (Phi) is 2.40. The van der Waals surface area contributed by atoms with Crippen molar-refractivity contribution < 1.29 is 14.8 Å². The molecule has 2 aliphatic carbocycles. The molecule has 0 aromatic carbocycles. The average Bonchev–Trinajstić information content (AvgIpc) is 2.44. The Balaban J connectivity index is 2.10. The number of carbonyl (C=O) groups is 1. The average molecular weight is 213 g/mol. The van der Waals surface area contributed by atoms with E-state index in [0.717, 1.165) is 25.7 Å². The molecule has 84 valence electrons. The van der Waals surface area contributed by atoms with Gasteiger partial charge in [-0.05, 0) is 24.7 Å². The highest BCUT2D eigenvalue weighted by Crippen LogP contribution is 2.60. The summed E-state index contributed by atoms with van der Waals surface area (Å²) in [5, 5.41) is 19.4. The first kappa shape index (κ1) is 10.4. The fourth-order valence-corrected chi connectivity index (χ4v) is 3.60. The lowest BCUT2D eigenvalue weighted by molar-refractivity contribution is -0.506. The molecule has 0 radical (unpaired) electrons. The Labute approximate surface area is 87.6 Å². The number of aliphatic carboxylic acids is 1. The molecule has 1 N–H and O–H groups in total. The molecular formula is C10H15NO4. The predicted octanol–water partition coefficient (Wildman–Crippen LogP) is 1.54. The van der Waals surface area contributed by atoms with Gasteiger partial charge in [0.2, 0.25) is 6.54 Å². The molecular weight excluding hydrogens is 198 g/mol. The molecule has 3 atom stereocenters. The SMILES string of the molecule is O=C(O)CC1(C[N+](=O)[O-])CC2CCCC21. The largest absolute Gasteiger partial charge is 0.481 e. The molecule has 2 fully saturated rings. The summed E-state index contributed by atoms with van der Waals surface area (Å²) in [6.45, 7) is -0.166. The summed E-state index contributed by atoms with van der Waals surface area (Å²) in [7, 11) is 0. The second-order valence-corrected chi connectivity index (χ2v) is 4.93. The van der Waals surface area contributed by atoms with Crippen LogP contribution in [0.4, 0.5) is 0 Å². The molecule has 0 saturated heterocycles. The fourth-order valence-electron chi connectivity index (χ4n) is 3.60. The highest BCUT2D eigenvalue weighted by Gasteiger charge is 2.58. The standard InChI is InChI=1S/C10H15NO4/c12-9(13)5-10(6-11(14)15)4-7-2-1-3-8(7)10/h7-8H,1-6H2,(H,12,13). The van der Waals surface area contributed by atoms with Crippen molar-refractivity contribution in [2.45, 2.75) is 32.1 Å². The highest BCUT2D eigenvalue weighted by molar-refractivity contribution is 5.68. The smallest absolute Gasteiger partial charge is 0.304 e. The van der Waals surface area contributed by atoms with Gasteiger partial charge >= 0.3 is 5.97 Å². The van der Waals surface area contributed by atoms with Crippen molar-refractivity contribution in [1.82, 2.24) is 0 Å². The number of nitrogens with zero attached hydrogens (tertiary/aromatic N) is 1. The lowest BCUT2D eigenvalue weighted by Crippen LogP contribution is -2.50. The summed E-state index contributed by atoms with van der Waals surface area (Å²) in [5.41, 5.74) is -0.531. The van der Waals surface area contributed by atoms with E-state index in [1.807, 2.05) is 0 Å². The molecule has 3 unspecified atom stereocenters. The monoisotopic (exact) mass is 213 g/mol. The van der Waals surface area contributed by atoms with Crippen LogP contribution in [0.3, 0.4) is 0 Å². The van der Waals surface area contributed by atoms with Crippen molar-refractivity contribution >= 4 is 5.97 Å². The van der Waals surface area contributed by atoms with Gasteiger partial charge in [0.15, 0.2) is 0 Å². The quantitative estimate of drug-likeness (QED) is 0.567. The number of fused-ring (bicyclic) bond motifs is 1. The number of rotatable bonds is 4. The van der Waals surface area contributed by atoms with E-state index in [1.165, 1.54) is 0 Å². The Morgan fingerprint density at radius 2 is 2.27 bits per heavy atom. The first-order valence-electron chi connectivity index (χ1n) is 5.37. The van der Waals surface area contributed by atoms with E-state index >= 15 is 0 Å². The molecule has 2 rings (SSSR count). The number of hydrogen-bond acceptors (Lipinski definition) is 3. The summed E-state index contributed by atoms with van der Waals surface area (Å²) < 4.78 is 0. The van der Waals surface area contributed by atoms with E-state index in [4.69, 9.17) is 5.11 Å². The molecule has 5 nitrogen and oxygen atoms in total. The van der Waals surface area contributed by atoms with Gasteiger partial charge in [-0.1, -0.05) is 12.8 Å². The zero-order valence-electron chi connectivity index (χ0n) is 8.52. The molecule has 2 aliphatic rings. The van der Waals surface area contributed by atoms with Crippen LogP contribution < -0.4 is 0 Å². The molecule has 2 saturated carbocycles. The van der Waals surface area contributed by atoms with E-state index in [1.54, 1.807) is 0 Å². The van der Waals surface area contributed by atoms with Crippen molar-refractivity contribution in [3.8, 4) is 0 Å². The Hall–Kier alpha value is -1.13. The second kappa shape index (κ2) is 3.47. The third kappa shape index (κ3) is 1.70. The van der Waals surface area contributed by atoms with Crippen LogP contribution in [0.1, 0.15) is 32.1 Å². The van der Waals surface area contributed by atoms with Crippen LogP contribution in [0.15, 0.2) is 0 Å². The van der Waals surface area contributed by atoms with Crippen LogP contribution in [0, 0.1) is 27.4 Å². The Morgan fingerprint density at radius 3 is 2.80 bits per heavy atom. The zero-order chi connectivity index (χ0) is 11.1. The number of hydrogen-bond donors (Lipinski definition) is 1. The lowest BCUT2D eigenvalue weighted by Gasteiger charge is -2.49. The molecule has 5 heteroatoms. The van der Waals surface area contributed by atoms with Crippen LogP contribution in [0.2, 0.25) is 0 Å². The molecule has 0 spiro atoms. The lowest BCUT2D eigenvalue weighted by atomic mass is 9.53. The molecule has 0 aromatic rings. The Bertz CT molecular complexity index is 286. The summed E-state index contributed by atoms with van der Waals surface area (Å²) >= 11 is 0. The van der Waals surface area contributed by atoms with Crippen molar-refractivity contribution in [3.63, 3.8) is 0 Å². The molecule has 0 amide bonds. The maximum atomic E-state index is 10.8. The number of nitro groups is 1. The van der Waals surface area contributed by atoms with E-state index < -0.39 is 11.4 Å². The van der Waals surface area contributed by atoms with Crippen LogP contribution in [0.5, 0.6) is 0 Å². The van der Waals surface area contributed by atoms with Gasteiger partial charge in [0.25, 0.3) is 0 Å². The number of carboxylic acids is 1. The van der Waals surface area contributed by atoms with Gasteiger partial charge in [0.05, 0.1) is 6.42 Å². The topological polar surface area (TPSA) is 80.4 Å². The van der Waals surface area contributed by atoms with Crippen molar-refractivity contribution in [2.24, 2.45) is 17.3 Å². The maximum Gasteiger partial charge on any atom is 0.304 e. The molecule has 0 aromatic heterocycles.